The van der Waals surface area contributed by atoms with Gasteiger partial charge in [0.1, 0.15) is 23.2 Å². The van der Waals surface area contributed by atoms with Gasteiger partial charge in [0.15, 0.2) is 16.8 Å². The Morgan fingerprint density at radius 1 is 0.887 bits per heavy atom. The number of aliphatic hydroxyl groups is 2. The quantitative estimate of drug-likeness (QED) is 0.189. The maximum atomic E-state index is 15.1. The largest absolute Gasteiger partial charge is 0.507 e. The van der Waals surface area contributed by atoms with Crippen molar-refractivity contribution < 1.29 is 43.5 Å². The smallest absolute Gasteiger partial charge is 0.202 e. The first-order valence-electron chi connectivity index (χ1n) is 18.3. The summed E-state index contributed by atoms with van der Waals surface area (Å²) in [7, 11) is 7.45. The lowest BCUT2D eigenvalue weighted by Crippen LogP contribution is -2.59. The third kappa shape index (κ3) is 5.64. The molecule has 1 aliphatic carbocycles. The van der Waals surface area contributed by atoms with Crippen molar-refractivity contribution in [1.29, 1.82) is 0 Å². The van der Waals surface area contributed by atoms with E-state index in [4.69, 9.17) is 18.6 Å². The Bertz CT molecular complexity index is 2120. The summed E-state index contributed by atoms with van der Waals surface area (Å²) in [6.45, 7) is 10.8. The molecule has 0 radical (unpaired) electrons. The Morgan fingerprint density at radius 2 is 1.57 bits per heavy atom. The first-order chi connectivity index (χ1) is 24.8. The number of fused-ring (bicyclic) bond motifs is 4. The van der Waals surface area contributed by atoms with E-state index >= 15 is 4.79 Å². The van der Waals surface area contributed by atoms with Crippen LogP contribution in [-0.2, 0) is 19.8 Å². The number of ketones is 2. The Kier molecular flexibility index (Phi) is 9.17. The van der Waals surface area contributed by atoms with Gasteiger partial charge in [-0.15, -0.1) is 0 Å². The van der Waals surface area contributed by atoms with Gasteiger partial charge in [0.25, 0.3) is 0 Å². The van der Waals surface area contributed by atoms with Gasteiger partial charge in [0.05, 0.1) is 53.1 Å². The highest BCUT2D eigenvalue weighted by atomic mass is 16.6. The monoisotopic (exact) mass is 730 g/mol. The molecule has 3 saturated heterocycles. The second kappa shape index (κ2) is 12.9. The first kappa shape index (κ1) is 37.6. The molecule has 12 heteroatoms. The van der Waals surface area contributed by atoms with E-state index in [1.807, 2.05) is 64.0 Å². The molecule has 10 atom stereocenters. The Morgan fingerprint density at radius 3 is 2.21 bits per heavy atom. The Hall–Kier alpha value is -3.75. The van der Waals surface area contributed by atoms with Gasteiger partial charge in [-0.05, 0) is 106 Å². The molecule has 0 unspecified atom stereocenters. The molecule has 3 aliphatic heterocycles. The second-order valence-electron chi connectivity index (χ2n) is 16.1. The summed E-state index contributed by atoms with van der Waals surface area (Å²) >= 11 is 0. The molecule has 4 aliphatic rings. The molecule has 7 rings (SSSR count). The van der Waals surface area contributed by atoms with Crippen molar-refractivity contribution in [2.24, 2.45) is 0 Å². The minimum absolute atomic E-state index is 0.00278. The highest BCUT2D eigenvalue weighted by molar-refractivity contribution is 6.33. The van der Waals surface area contributed by atoms with E-state index in [0.29, 0.717) is 17.5 Å². The maximum Gasteiger partial charge on any atom is 0.202 e. The predicted molar refractivity (Wildman–Crippen MR) is 197 cm³/mol. The minimum atomic E-state index is -0.945. The SMILES string of the molecule is CC=C[C@H]1O[C@@]1(C)c1cc(=O)c2c(C)cc3c(c2o1)C(=O)c1c(O)c([C@H]2C[C@](C)(N(C)C)[C@H](O)[C@H](C)O2)cc([C@@H]2C[C@@H](N(C)C)[C@H](O)[C@@H](C)O2)c1C3=O. The fourth-order valence-electron chi connectivity index (χ4n) is 8.74. The van der Waals surface area contributed by atoms with Crippen molar-refractivity contribution in [1.82, 2.24) is 9.80 Å². The lowest BCUT2D eigenvalue weighted by atomic mass is 9.74. The number of carbonyl (C=O) groups excluding carboxylic acids is 2. The van der Waals surface area contributed by atoms with Crippen molar-refractivity contribution in [2.75, 3.05) is 28.2 Å². The molecule has 1 aromatic heterocycles. The zero-order valence-electron chi connectivity index (χ0n) is 32.0. The van der Waals surface area contributed by atoms with Gasteiger partial charge in [-0.1, -0.05) is 12.2 Å². The average molecular weight is 731 g/mol. The zero-order valence-corrected chi connectivity index (χ0v) is 32.0. The number of allylic oxidation sites excluding steroid dienone is 1. The number of hydrogen-bond acceptors (Lipinski definition) is 12. The molecule has 3 fully saturated rings. The number of benzene rings is 2. The maximum absolute atomic E-state index is 15.1. The highest BCUT2D eigenvalue weighted by Crippen LogP contribution is 2.51. The van der Waals surface area contributed by atoms with E-state index in [2.05, 4.69) is 0 Å². The van der Waals surface area contributed by atoms with Crippen LogP contribution in [0.4, 0.5) is 0 Å². The summed E-state index contributed by atoms with van der Waals surface area (Å²) in [6, 6.07) is 4.26. The van der Waals surface area contributed by atoms with Crippen LogP contribution in [0.25, 0.3) is 11.0 Å². The van der Waals surface area contributed by atoms with E-state index in [1.165, 1.54) is 12.1 Å². The molecule has 12 nitrogen and oxygen atoms in total. The number of hydrogen-bond donors (Lipinski definition) is 3. The van der Waals surface area contributed by atoms with Crippen LogP contribution < -0.4 is 5.43 Å². The van der Waals surface area contributed by atoms with Crippen molar-refractivity contribution in [3.8, 4) is 5.75 Å². The Labute approximate surface area is 308 Å². The van der Waals surface area contributed by atoms with Gasteiger partial charge in [-0.3, -0.25) is 14.4 Å². The van der Waals surface area contributed by atoms with E-state index in [9.17, 15) is 24.9 Å². The van der Waals surface area contributed by atoms with Gasteiger partial charge >= 0.3 is 0 Å². The Balaban J connectivity index is 1.48. The van der Waals surface area contributed by atoms with Crippen LogP contribution >= 0.6 is 0 Å². The lowest BCUT2D eigenvalue weighted by Gasteiger charge is -2.49. The minimum Gasteiger partial charge on any atom is -0.507 e. The molecule has 4 heterocycles. The van der Waals surface area contributed by atoms with Gasteiger partial charge < -0.3 is 43.7 Å². The zero-order chi connectivity index (χ0) is 38.6. The molecular formula is C41H50N2O10. The van der Waals surface area contributed by atoms with E-state index in [0.717, 1.165) is 0 Å². The number of carbonyl (C=O) groups is 2. The number of phenolic OH excluding ortho intramolecular Hbond substituents is 1. The fraction of sp³-hybridized carbons (Fsp3) is 0.537. The summed E-state index contributed by atoms with van der Waals surface area (Å²) in [5.41, 5.74) is -1.32. The van der Waals surface area contributed by atoms with Gasteiger partial charge in [0, 0.05) is 34.3 Å². The topological polar surface area (TPSA) is 163 Å². The molecule has 0 bridgehead atoms. The van der Waals surface area contributed by atoms with Crippen molar-refractivity contribution in [3.05, 3.63) is 85.3 Å². The number of aliphatic hydroxyl groups excluding tert-OH is 2. The first-order valence-corrected chi connectivity index (χ1v) is 18.3. The molecule has 3 aromatic rings. The van der Waals surface area contributed by atoms with Crippen molar-refractivity contribution in [3.63, 3.8) is 0 Å². The van der Waals surface area contributed by atoms with Gasteiger partial charge in [0.2, 0.25) is 5.78 Å². The summed E-state index contributed by atoms with van der Waals surface area (Å²) in [5, 5.41) is 34.7. The van der Waals surface area contributed by atoms with Crippen LogP contribution in [0.15, 0.2) is 39.6 Å². The van der Waals surface area contributed by atoms with Gasteiger partial charge in [-0.2, -0.15) is 0 Å². The summed E-state index contributed by atoms with van der Waals surface area (Å²) in [4.78, 5) is 47.5. The molecule has 0 spiro atoms. The molecule has 2 aromatic carbocycles. The molecule has 284 valence electrons. The molecule has 3 N–H and O–H groups in total. The van der Waals surface area contributed by atoms with Gasteiger partial charge in [-0.25, -0.2) is 0 Å². The lowest BCUT2D eigenvalue weighted by molar-refractivity contribution is -0.176. The standard InChI is InChI=1S/C41H50N2O10/c1-11-12-28-41(6,53-28)29-16-25(44)30-18(2)13-23-32(38(30)52-29)37(48)33-31(36(23)47)21(26-15-24(42(7)8)34(45)19(3)50-26)14-22(35(33)46)27-17-40(5,43(9)10)39(49)20(4)51-27/h11-14,16,19-20,24,26-28,34,39,45-46,49H,15,17H2,1-10H3/t19-,20+,24-,26+,27-,28-,34-,39-,40+,41-/m1/s1. The van der Waals surface area contributed by atoms with Crippen LogP contribution in [0.3, 0.4) is 0 Å². The van der Waals surface area contributed by atoms with Crippen LogP contribution in [-0.4, -0.2) is 107 Å². The normalized spacial score (nSPS) is 34.3. The van der Waals surface area contributed by atoms with Crippen molar-refractivity contribution in [2.45, 2.75) is 114 Å². The molecular weight excluding hydrogens is 680 g/mol. The number of epoxide rings is 1. The number of rotatable bonds is 6. The van der Waals surface area contributed by atoms with Crippen LogP contribution in [0.2, 0.25) is 0 Å². The number of ether oxygens (including phenoxy) is 3. The van der Waals surface area contributed by atoms with Crippen molar-refractivity contribution >= 4 is 22.5 Å². The van der Waals surface area contributed by atoms with E-state index in [-0.39, 0.29) is 68.5 Å². The number of phenols is 1. The molecule has 53 heavy (non-hydrogen) atoms. The predicted octanol–water partition coefficient (Wildman–Crippen LogP) is 4.44. The highest BCUT2D eigenvalue weighted by Gasteiger charge is 2.55. The summed E-state index contributed by atoms with van der Waals surface area (Å²) in [5.74, 6) is -1.41. The van der Waals surface area contributed by atoms with E-state index < -0.39 is 65.1 Å². The third-order valence-electron chi connectivity index (χ3n) is 12.3. The number of aromatic hydroxyl groups is 1. The number of aryl methyl sites for hydroxylation is 1. The average Bonchev–Trinajstić information content (AvgIpc) is 3.76. The second-order valence-corrected chi connectivity index (χ2v) is 16.1. The van der Waals surface area contributed by atoms with Crippen LogP contribution in [0.1, 0.15) is 114 Å². The molecule has 0 saturated carbocycles. The van der Waals surface area contributed by atoms with Crippen LogP contribution in [0.5, 0.6) is 5.75 Å². The number of likely N-dealkylation sites (N-methyl/N-ethyl adjacent to an activating group) is 2. The summed E-state index contributed by atoms with van der Waals surface area (Å²) < 4.78 is 25.1. The van der Waals surface area contributed by atoms with Crippen LogP contribution in [0, 0.1) is 6.92 Å². The fourth-order valence-corrected chi connectivity index (χ4v) is 8.74. The third-order valence-corrected chi connectivity index (χ3v) is 12.3. The molecule has 0 amide bonds. The number of nitrogens with zero attached hydrogens (tertiary/aromatic N) is 2. The summed E-state index contributed by atoms with van der Waals surface area (Å²) in [6.07, 6.45) is -0.576. The van der Waals surface area contributed by atoms with E-state index in [1.54, 1.807) is 33.8 Å².